The first-order valence-corrected chi connectivity index (χ1v) is 12.0. The molecule has 35 heavy (non-hydrogen) atoms. The van der Waals surface area contributed by atoms with Gasteiger partial charge >= 0.3 is 6.36 Å². The Kier molecular flexibility index (Phi) is 6.56. The number of anilines is 2. The van der Waals surface area contributed by atoms with Crippen LogP contribution in [0.25, 0.3) is 0 Å². The zero-order chi connectivity index (χ0) is 25.4. The molecule has 1 amide bonds. The third-order valence-electron chi connectivity index (χ3n) is 5.05. The molecule has 0 saturated heterocycles. The van der Waals surface area contributed by atoms with Gasteiger partial charge in [-0.25, -0.2) is 8.42 Å². The number of carbonyl (C=O) groups is 1. The van der Waals surface area contributed by atoms with E-state index in [1.54, 1.807) is 12.1 Å². The van der Waals surface area contributed by atoms with Gasteiger partial charge in [-0.2, -0.15) is 0 Å². The van der Waals surface area contributed by atoms with Crippen LogP contribution in [0.1, 0.15) is 5.56 Å². The number of aryl methyl sites for hydroxylation is 1. The molecule has 0 aliphatic carbocycles. The maximum absolute atomic E-state index is 13.4. The Morgan fingerprint density at radius 2 is 1.74 bits per heavy atom. The lowest BCUT2D eigenvalue weighted by atomic mass is 10.2. The zero-order valence-corrected chi connectivity index (χ0v) is 19.6. The molecule has 1 atom stereocenters. The number of benzene rings is 3. The van der Waals surface area contributed by atoms with Crippen LogP contribution in [0.3, 0.4) is 0 Å². The number of rotatable bonds is 5. The predicted molar refractivity (Wildman–Crippen MR) is 123 cm³/mol. The Balaban J connectivity index is 1.59. The van der Waals surface area contributed by atoms with E-state index in [4.69, 9.17) is 16.3 Å². The summed E-state index contributed by atoms with van der Waals surface area (Å²) in [6.45, 7) is 1.47. The van der Waals surface area contributed by atoms with E-state index in [0.717, 1.165) is 22.0 Å². The molecule has 1 aliphatic rings. The predicted octanol–water partition coefficient (Wildman–Crippen LogP) is 5.14. The van der Waals surface area contributed by atoms with E-state index in [2.05, 4.69) is 10.1 Å². The van der Waals surface area contributed by atoms with Gasteiger partial charge in [0.15, 0.2) is 6.10 Å². The number of halogens is 4. The SMILES string of the molecule is Cc1ccc(S(=O)(=O)N2CC(C(=O)Nc3ccc(OC(F)(F)F)cc3)Oc3ccc(Cl)cc32)cc1. The van der Waals surface area contributed by atoms with Crippen molar-refractivity contribution in [2.75, 3.05) is 16.2 Å². The fourth-order valence-electron chi connectivity index (χ4n) is 3.39. The molecule has 1 N–H and O–H groups in total. The average Bonchev–Trinajstić information content (AvgIpc) is 2.79. The standard InChI is InChI=1S/C23H18ClF3N2O5S/c1-14-2-9-18(10-3-14)35(31,32)29-13-21(33-20-11-4-15(24)12-19(20)29)22(30)28-16-5-7-17(8-6-16)34-23(25,26)27/h2-12,21H,13H2,1H3,(H,28,30). The number of carbonyl (C=O) groups excluding carboxylic acids is 1. The molecule has 1 unspecified atom stereocenters. The lowest BCUT2D eigenvalue weighted by Gasteiger charge is -2.35. The Morgan fingerprint density at radius 1 is 1.09 bits per heavy atom. The first-order valence-electron chi connectivity index (χ1n) is 10.1. The van der Waals surface area contributed by atoms with Gasteiger partial charge in [0.25, 0.3) is 15.9 Å². The molecule has 1 heterocycles. The van der Waals surface area contributed by atoms with Crippen molar-refractivity contribution < 1.29 is 35.9 Å². The van der Waals surface area contributed by atoms with Crippen LogP contribution in [0.2, 0.25) is 5.02 Å². The highest BCUT2D eigenvalue weighted by Crippen LogP contribution is 2.39. The van der Waals surface area contributed by atoms with Crippen LogP contribution in [0.5, 0.6) is 11.5 Å². The van der Waals surface area contributed by atoms with E-state index < -0.39 is 34.1 Å². The van der Waals surface area contributed by atoms with Gasteiger partial charge in [0.05, 0.1) is 17.1 Å². The summed E-state index contributed by atoms with van der Waals surface area (Å²) in [6.07, 6.45) is -6.10. The summed E-state index contributed by atoms with van der Waals surface area (Å²) in [4.78, 5) is 12.9. The summed E-state index contributed by atoms with van der Waals surface area (Å²) in [6, 6.07) is 15.1. The number of fused-ring (bicyclic) bond motifs is 1. The van der Waals surface area contributed by atoms with Gasteiger partial charge in [-0.05, 0) is 61.5 Å². The van der Waals surface area contributed by atoms with E-state index in [0.29, 0.717) is 0 Å². The van der Waals surface area contributed by atoms with Gasteiger partial charge in [0.1, 0.15) is 11.5 Å². The smallest absolute Gasteiger partial charge is 0.476 e. The molecule has 0 bridgehead atoms. The van der Waals surface area contributed by atoms with Crippen LogP contribution in [0, 0.1) is 6.92 Å². The van der Waals surface area contributed by atoms with E-state index in [9.17, 15) is 26.4 Å². The average molecular weight is 527 g/mol. The fourth-order valence-corrected chi connectivity index (χ4v) is 5.02. The second-order valence-corrected chi connectivity index (χ2v) is 9.93. The minimum Gasteiger partial charge on any atom is -0.476 e. The molecule has 0 spiro atoms. The summed E-state index contributed by atoms with van der Waals surface area (Å²) in [5.74, 6) is -1.02. The Morgan fingerprint density at radius 3 is 2.37 bits per heavy atom. The third kappa shape index (κ3) is 5.63. The first kappa shape index (κ1) is 24.7. The molecule has 3 aromatic rings. The fraction of sp³-hybridized carbons (Fsp3) is 0.174. The summed E-state index contributed by atoms with van der Waals surface area (Å²) < 4.78 is 74.5. The molecule has 7 nitrogen and oxygen atoms in total. The Hall–Kier alpha value is -3.44. The topological polar surface area (TPSA) is 84.9 Å². The van der Waals surface area contributed by atoms with Crippen LogP contribution in [-0.4, -0.2) is 33.3 Å². The van der Waals surface area contributed by atoms with Crippen molar-refractivity contribution >= 4 is 38.9 Å². The summed E-state index contributed by atoms with van der Waals surface area (Å²) >= 11 is 6.08. The quantitative estimate of drug-likeness (QED) is 0.497. The molecule has 0 saturated carbocycles. The van der Waals surface area contributed by atoms with Gasteiger partial charge in [0.2, 0.25) is 0 Å². The Bertz CT molecular complexity index is 1350. The van der Waals surface area contributed by atoms with Crippen molar-refractivity contribution in [2.24, 2.45) is 0 Å². The van der Waals surface area contributed by atoms with Crippen molar-refractivity contribution in [3.05, 3.63) is 77.3 Å². The van der Waals surface area contributed by atoms with Crippen LogP contribution >= 0.6 is 11.6 Å². The maximum atomic E-state index is 13.4. The normalized spacial score (nSPS) is 15.7. The number of ether oxygens (including phenoxy) is 2. The van der Waals surface area contributed by atoms with Gasteiger partial charge in [0, 0.05) is 10.7 Å². The van der Waals surface area contributed by atoms with E-state index in [1.807, 2.05) is 6.92 Å². The lowest BCUT2D eigenvalue weighted by molar-refractivity contribution is -0.274. The largest absolute Gasteiger partial charge is 0.573 e. The summed E-state index contributed by atoms with van der Waals surface area (Å²) in [7, 11) is -4.08. The van der Waals surface area contributed by atoms with Crippen molar-refractivity contribution in [1.29, 1.82) is 0 Å². The number of hydrogen-bond acceptors (Lipinski definition) is 5. The lowest BCUT2D eigenvalue weighted by Crippen LogP contribution is -2.48. The second-order valence-electron chi connectivity index (χ2n) is 7.63. The number of alkyl halides is 3. The number of hydrogen-bond donors (Lipinski definition) is 1. The molecule has 0 fully saturated rings. The molecule has 0 radical (unpaired) electrons. The van der Waals surface area contributed by atoms with Gasteiger partial charge in [-0.15, -0.1) is 13.2 Å². The summed E-state index contributed by atoms with van der Waals surface area (Å²) in [5, 5.41) is 2.79. The summed E-state index contributed by atoms with van der Waals surface area (Å²) in [5.41, 5.74) is 1.22. The van der Waals surface area contributed by atoms with Crippen molar-refractivity contribution in [3.63, 3.8) is 0 Å². The molecule has 1 aliphatic heterocycles. The minimum atomic E-state index is -4.84. The highest BCUT2D eigenvalue weighted by Gasteiger charge is 2.38. The highest BCUT2D eigenvalue weighted by atomic mass is 35.5. The number of nitrogens with zero attached hydrogens (tertiary/aromatic N) is 1. The monoisotopic (exact) mass is 526 g/mol. The van der Waals surface area contributed by atoms with Crippen LogP contribution in [0.15, 0.2) is 71.6 Å². The van der Waals surface area contributed by atoms with E-state index in [-0.39, 0.29) is 33.6 Å². The number of sulfonamides is 1. The van der Waals surface area contributed by atoms with Gasteiger partial charge in [-0.1, -0.05) is 29.3 Å². The van der Waals surface area contributed by atoms with E-state index in [1.165, 1.54) is 42.5 Å². The number of amides is 1. The van der Waals surface area contributed by atoms with Crippen LogP contribution in [0.4, 0.5) is 24.5 Å². The zero-order valence-electron chi connectivity index (χ0n) is 18.0. The molecular weight excluding hydrogens is 509 g/mol. The second kappa shape index (κ2) is 9.31. The van der Waals surface area contributed by atoms with Gasteiger partial charge in [-0.3, -0.25) is 9.10 Å². The highest BCUT2D eigenvalue weighted by molar-refractivity contribution is 7.92. The first-order chi connectivity index (χ1) is 16.4. The number of nitrogens with one attached hydrogen (secondary N) is 1. The molecule has 0 aromatic heterocycles. The van der Waals surface area contributed by atoms with Crippen LogP contribution in [-0.2, 0) is 14.8 Å². The molecule has 12 heteroatoms. The van der Waals surface area contributed by atoms with Gasteiger partial charge < -0.3 is 14.8 Å². The van der Waals surface area contributed by atoms with Crippen molar-refractivity contribution in [2.45, 2.75) is 24.3 Å². The third-order valence-corrected chi connectivity index (χ3v) is 7.08. The maximum Gasteiger partial charge on any atom is 0.573 e. The molecule has 4 rings (SSSR count). The molecular formula is C23H18ClF3N2O5S. The van der Waals surface area contributed by atoms with Crippen molar-refractivity contribution in [1.82, 2.24) is 0 Å². The molecule has 3 aromatic carbocycles. The minimum absolute atomic E-state index is 0.0235. The Labute approximate surface area is 204 Å². The molecule has 184 valence electrons. The van der Waals surface area contributed by atoms with Crippen LogP contribution < -0.4 is 19.1 Å². The van der Waals surface area contributed by atoms with E-state index >= 15 is 0 Å². The van der Waals surface area contributed by atoms with Crippen molar-refractivity contribution in [3.8, 4) is 11.5 Å².